The maximum absolute atomic E-state index is 13.6. The number of aromatic nitrogens is 1. The summed E-state index contributed by atoms with van der Waals surface area (Å²) < 4.78 is 35.4. The van der Waals surface area contributed by atoms with Gasteiger partial charge in [0.15, 0.2) is 0 Å². The van der Waals surface area contributed by atoms with Crippen molar-refractivity contribution in [1.82, 2.24) is 13.8 Å². The number of carbonyl (C=O) groups is 1. The SMILES string of the molecule is C=CCN(CC(=O)N(CCOC)Cc1cccn1C)S(=O)(=O)c1cccc2ccccc12. The van der Waals surface area contributed by atoms with Gasteiger partial charge in [0.2, 0.25) is 15.9 Å². The minimum absolute atomic E-state index is 0.0273. The summed E-state index contributed by atoms with van der Waals surface area (Å²) in [6.07, 6.45) is 3.40. The molecule has 0 N–H and O–H groups in total. The molecule has 0 fully saturated rings. The lowest BCUT2D eigenvalue weighted by molar-refractivity contribution is -0.132. The summed E-state index contributed by atoms with van der Waals surface area (Å²) in [7, 11) is -0.455. The topological polar surface area (TPSA) is 71.8 Å². The molecule has 0 unspecified atom stereocenters. The van der Waals surface area contributed by atoms with Crippen molar-refractivity contribution in [2.24, 2.45) is 7.05 Å². The molecule has 3 rings (SSSR count). The number of fused-ring (bicyclic) bond motifs is 1. The summed E-state index contributed by atoms with van der Waals surface area (Å²) in [5.74, 6) is -0.297. The van der Waals surface area contributed by atoms with Gasteiger partial charge in [-0.1, -0.05) is 42.5 Å². The van der Waals surface area contributed by atoms with Gasteiger partial charge >= 0.3 is 0 Å². The molecule has 0 aliphatic heterocycles. The van der Waals surface area contributed by atoms with E-state index in [0.29, 0.717) is 25.1 Å². The van der Waals surface area contributed by atoms with Crippen LogP contribution >= 0.6 is 0 Å². The highest BCUT2D eigenvalue weighted by atomic mass is 32.2. The van der Waals surface area contributed by atoms with Crippen molar-refractivity contribution in [3.8, 4) is 0 Å². The van der Waals surface area contributed by atoms with Gasteiger partial charge in [-0.25, -0.2) is 8.42 Å². The van der Waals surface area contributed by atoms with E-state index in [1.807, 2.05) is 48.1 Å². The molecule has 0 radical (unpaired) electrons. The Morgan fingerprint density at radius 3 is 2.56 bits per heavy atom. The molecule has 0 saturated heterocycles. The van der Waals surface area contributed by atoms with Crippen LogP contribution in [-0.2, 0) is 33.1 Å². The predicted molar refractivity (Wildman–Crippen MR) is 126 cm³/mol. The Morgan fingerprint density at radius 2 is 1.88 bits per heavy atom. The van der Waals surface area contributed by atoms with Crippen LogP contribution in [0.2, 0.25) is 0 Å². The van der Waals surface area contributed by atoms with Gasteiger partial charge in [-0.3, -0.25) is 4.79 Å². The van der Waals surface area contributed by atoms with Crippen LogP contribution in [0.3, 0.4) is 0 Å². The van der Waals surface area contributed by atoms with Crippen LogP contribution in [0.4, 0.5) is 0 Å². The summed E-state index contributed by atoms with van der Waals surface area (Å²) >= 11 is 0. The highest BCUT2D eigenvalue weighted by Gasteiger charge is 2.29. The quantitative estimate of drug-likeness (QED) is 0.417. The smallest absolute Gasteiger partial charge is 0.244 e. The van der Waals surface area contributed by atoms with Crippen molar-refractivity contribution < 1.29 is 17.9 Å². The van der Waals surface area contributed by atoms with Gasteiger partial charge in [0, 0.05) is 44.5 Å². The van der Waals surface area contributed by atoms with E-state index in [2.05, 4.69) is 6.58 Å². The molecule has 1 heterocycles. The molecular formula is C24H29N3O4S. The highest BCUT2D eigenvalue weighted by molar-refractivity contribution is 7.89. The Labute approximate surface area is 189 Å². The lowest BCUT2D eigenvalue weighted by Gasteiger charge is -2.27. The fourth-order valence-corrected chi connectivity index (χ4v) is 5.13. The molecule has 2 aromatic carbocycles. The maximum atomic E-state index is 13.6. The second-order valence-corrected chi connectivity index (χ2v) is 9.39. The molecule has 0 aliphatic carbocycles. The minimum atomic E-state index is -3.93. The van der Waals surface area contributed by atoms with E-state index in [9.17, 15) is 13.2 Å². The second kappa shape index (κ2) is 10.6. The number of ether oxygens (including phenoxy) is 1. The van der Waals surface area contributed by atoms with Gasteiger partial charge < -0.3 is 14.2 Å². The third-order valence-corrected chi connectivity index (χ3v) is 7.20. The van der Waals surface area contributed by atoms with Crippen molar-refractivity contribution in [2.45, 2.75) is 11.4 Å². The summed E-state index contributed by atoms with van der Waals surface area (Å²) in [6, 6.07) is 16.3. The van der Waals surface area contributed by atoms with Gasteiger partial charge in [-0.05, 0) is 23.6 Å². The molecule has 1 amide bonds. The Morgan fingerprint density at radius 1 is 1.12 bits per heavy atom. The molecule has 1 aromatic heterocycles. The zero-order valence-electron chi connectivity index (χ0n) is 18.5. The monoisotopic (exact) mass is 455 g/mol. The van der Waals surface area contributed by atoms with Gasteiger partial charge in [0.1, 0.15) is 0 Å². The van der Waals surface area contributed by atoms with E-state index in [0.717, 1.165) is 11.1 Å². The van der Waals surface area contributed by atoms with Crippen LogP contribution in [0.5, 0.6) is 0 Å². The molecule has 8 heteroatoms. The first-order valence-electron chi connectivity index (χ1n) is 10.3. The minimum Gasteiger partial charge on any atom is -0.383 e. The summed E-state index contributed by atoms with van der Waals surface area (Å²) in [5.41, 5.74) is 0.946. The molecular weight excluding hydrogens is 426 g/mol. The predicted octanol–water partition coefficient (Wildman–Crippen LogP) is 3.03. The van der Waals surface area contributed by atoms with E-state index in [1.165, 1.54) is 10.4 Å². The Balaban J connectivity index is 1.90. The van der Waals surface area contributed by atoms with Crippen LogP contribution < -0.4 is 0 Å². The Kier molecular flexibility index (Phi) is 7.84. The number of aryl methyl sites for hydroxylation is 1. The van der Waals surface area contributed by atoms with Crippen LogP contribution in [0, 0.1) is 0 Å². The number of hydrogen-bond donors (Lipinski definition) is 0. The third-order valence-electron chi connectivity index (χ3n) is 5.33. The third kappa shape index (κ3) is 5.27. The van der Waals surface area contributed by atoms with E-state index >= 15 is 0 Å². The number of hydrogen-bond acceptors (Lipinski definition) is 4. The van der Waals surface area contributed by atoms with Crippen molar-refractivity contribution in [3.63, 3.8) is 0 Å². The summed E-state index contributed by atoms with van der Waals surface area (Å²) in [5, 5.41) is 1.44. The van der Waals surface area contributed by atoms with E-state index in [1.54, 1.807) is 36.3 Å². The summed E-state index contributed by atoms with van der Waals surface area (Å²) in [6.45, 7) is 4.51. The fraction of sp³-hybridized carbons (Fsp3) is 0.292. The number of rotatable bonds is 11. The standard InChI is InChI=1S/C24H29N3O4S/c1-4-14-27(32(29,30)23-13-7-10-20-9-5-6-12-22(20)23)19-24(28)26(16-17-31-3)18-21-11-8-15-25(21)2/h4-13,15H,1,14,16-19H2,2-3H3. The van der Waals surface area contributed by atoms with Gasteiger partial charge in [-0.15, -0.1) is 6.58 Å². The Bertz CT molecular complexity index is 1180. The lowest BCUT2D eigenvalue weighted by Crippen LogP contribution is -2.44. The number of carbonyl (C=O) groups excluding carboxylic acids is 1. The van der Waals surface area contributed by atoms with Crippen LogP contribution in [0.15, 0.2) is 78.3 Å². The molecule has 0 bridgehead atoms. The first kappa shape index (κ1) is 23.7. The molecule has 0 spiro atoms. The number of methoxy groups -OCH3 is 1. The van der Waals surface area contributed by atoms with Crippen molar-refractivity contribution >= 4 is 26.7 Å². The average Bonchev–Trinajstić information content (AvgIpc) is 3.20. The van der Waals surface area contributed by atoms with Gasteiger partial charge in [0.25, 0.3) is 0 Å². The van der Waals surface area contributed by atoms with E-state index in [-0.39, 0.29) is 23.9 Å². The first-order valence-corrected chi connectivity index (χ1v) is 11.8. The zero-order valence-corrected chi connectivity index (χ0v) is 19.3. The molecule has 0 saturated carbocycles. The number of amides is 1. The van der Waals surface area contributed by atoms with Gasteiger partial charge in [0.05, 0.1) is 24.6 Å². The van der Waals surface area contributed by atoms with Gasteiger partial charge in [-0.2, -0.15) is 4.31 Å². The molecule has 0 aliphatic rings. The summed E-state index contributed by atoms with van der Waals surface area (Å²) in [4.78, 5) is 15.0. The highest BCUT2D eigenvalue weighted by Crippen LogP contribution is 2.26. The number of sulfonamides is 1. The Hall–Kier alpha value is -2.94. The maximum Gasteiger partial charge on any atom is 0.244 e. The van der Waals surface area contributed by atoms with E-state index < -0.39 is 10.0 Å². The van der Waals surface area contributed by atoms with Crippen molar-refractivity contribution in [2.75, 3.05) is 33.4 Å². The molecule has 7 nitrogen and oxygen atoms in total. The largest absolute Gasteiger partial charge is 0.383 e. The fourth-order valence-electron chi connectivity index (χ4n) is 3.55. The normalized spacial score (nSPS) is 11.7. The van der Waals surface area contributed by atoms with Crippen LogP contribution in [-0.4, -0.2) is 61.4 Å². The molecule has 3 aromatic rings. The molecule has 170 valence electrons. The molecule has 0 atom stereocenters. The van der Waals surface area contributed by atoms with Crippen LogP contribution in [0.1, 0.15) is 5.69 Å². The van der Waals surface area contributed by atoms with E-state index in [4.69, 9.17) is 4.74 Å². The van der Waals surface area contributed by atoms with Crippen LogP contribution in [0.25, 0.3) is 10.8 Å². The zero-order chi connectivity index (χ0) is 23.1. The molecule has 32 heavy (non-hydrogen) atoms. The lowest BCUT2D eigenvalue weighted by atomic mass is 10.1. The first-order chi connectivity index (χ1) is 15.4. The van der Waals surface area contributed by atoms with Crippen molar-refractivity contribution in [1.29, 1.82) is 0 Å². The average molecular weight is 456 g/mol. The second-order valence-electron chi connectivity index (χ2n) is 7.48. The number of nitrogens with zero attached hydrogens (tertiary/aromatic N) is 3. The number of benzene rings is 2. The van der Waals surface area contributed by atoms with Crippen molar-refractivity contribution in [3.05, 3.63) is 79.1 Å².